The Balaban J connectivity index is 1.21. The van der Waals surface area contributed by atoms with Crippen molar-refractivity contribution in [3.63, 3.8) is 0 Å². The second-order valence-electron chi connectivity index (χ2n) is 8.34. The molecule has 1 aliphatic rings. The summed E-state index contributed by atoms with van der Waals surface area (Å²) in [6.07, 6.45) is 2.72. The summed E-state index contributed by atoms with van der Waals surface area (Å²) in [5.74, 6) is 1.88. The Kier molecular flexibility index (Phi) is 7.60. The van der Waals surface area contributed by atoms with Crippen LogP contribution in [0.4, 0.5) is 0 Å². The molecule has 7 heteroatoms. The molecule has 3 aromatic rings. The Hall–Kier alpha value is -2.64. The van der Waals surface area contributed by atoms with Crippen molar-refractivity contribution in [1.29, 1.82) is 0 Å². The highest BCUT2D eigenvalue weighted by atomic mass is 32.1. The van der Waals surface area contributed by atoms with Gasteiger partial charge in [0.25, 0.3) is 5.19 Å². The second-order valence-corrected chi connectivity index (χ2v) is 9.33. The minimum absolute atomic E-state index is 0.306. The monoisotopic (exact) mass is 453 g/mol. The van der Waals surface area contributed by atoms with Crippen molar-refractivity contribution in [3.8, 4) is 16.7 Å². The first kappa shape index (κ1) is 22.6. The van der Waals surface area contributed by atoms with E-state index < -0.39 is 0 Å². The van der Waals surface area contributed by atoms with Crippen LogP contribution in [-0.4, -0.2) is 59.5 Å². The van der Waals surface area contributed by atoms with Crippen molar-refractivity contribution in [2.24, 2.45) is 0 Å². The number of ether oxygens (including phenoxy) is 2. The number of hydrogen-bond acceptors (Lipinski definition) is 6. The van der Waals surface area contributed by atoms with Crippen molar-refractivity contribution in [2.45, 2.75) is 39.2 Å². The first-order valence-electron chi connectivity index (χ1n) is 11.4. The molecule has 2 aromatic carbocycles. The van der Waals surface area contributed by atoms with Crippen molar-refractivity contribution in [2.75, 3.05) is 32.8 Å². The van der Waals surface area contributed by atoms with Gasteiger partial charge in [-0.3, -0.25) is 9.69 Å². The third kappa shape index (κ3) is 5.99. The average molecular weight is 454 g/mol. The van der Waals surface area contributed by atoms with Gasteiger partial charge in [0.1, 0.15) is 18.1 Å². The number of para-hydroxylation sites is 1. The molecule has 1 aromatic heterocycles. The van der Waals surface area contributed by atoms with E-state index in [1.807, 2.05) is 53.4 Å². The van der Waals surface area contributed by atoms with Crippen LogP contribution >= 0.6 is 11.3 Å². The molecule has 0 aliphatic carbocycles. The third-order valence-corrected chi connectivity index (χ3v) is 6.64. The Morgan fingerprint density at radius 1 is 1.09 bits per heavy atom. The fourth-order valence-electron chi connectivity index (χ4n) is 3.91. The van der Waals surface area contributed by atoms with Gasteiger partial charge in [-0.2, -0.15) is 0 Å². The molecule has 1 fully saturated rings. The zero-order valence-electron chi connectivity index (χ0n) is 18.8. The van der Waals surface area contributed by atoms with Crippen LogP contribution in [0.15, 0.2) is 48.5 Å². The molecule has 2 heterocycles. The zero-order valence-corrected chi connectivity index (χ0v) is 19.6. The Labute approximate surface area is 193 Å². The molecule has 170 valence electrons. The maximum Gasteiger partial charge on any atom is 0.279 e. The van der Waals surface area contributed by atoms with Crippen LogP contribution in [0.2, 0.25) is 0 Å². The number of benzene rings is 2. The Morgan fingerprint density at radius 2 is 1.88 bits per heavy atom. The Bertz CT molecular complexity index is 986. The van der Waals surface area contributed by atoms with Crippen LogP contribution in [-0.2, 0) is 4.79 Å². The number of carbonyl (C=O) groups is 1. The SMILES string of the molecule is CC(C)N(CCCN1CCCC1=O)CCOc1ccc(Oc2nc3ccccc3s2)cc1. The first-order chi connectivity index (χ1) is 15.6. The van der Waals surface area contributed by atoms with Gasteiger partial charge >= 0.3 is 0 Å². The van der Waals surface area contributed by atoms with Gasteiger partial charge in [0, 0.05) is 38.6 Å². The highest BCUT2D eigenvalue weighted by Gasteiger charge is 2.20. The minimum atomic E-state index is 0.306. The number of likely N-dealkylation sites (tertiary alicyclic amines) is 1. The summed E-state index contributed by atoms with van der Waals surface area (Å²) < 4.78 is 13.0. The number of thiazole rings is 1. The molecule has 1 aliphatic heterocycles. The molecular weight excluding hydrogens is 422 g/mol. The van der Waals surface area contributed by atoms with Crippen molar-refractivity contribution in [1.82, 2.24) is 14.8 Å². The van der Waals surface area contributed by atoms with Gasteiger partial charge < -0.3 is 14.4 Å². The largest absolute Gasteiger partial charge is 0.492 e. The summed E-state index contributed by atoms with van der Waals surface area (Å²) in [5.41, 5.74) is 0.953. The predicted octanol–water partition coefficient (Wildman–Crippen LogP) is 5.19. The maximum atomic E-state index is 11.8. The summed E-state index contributed by atoms with van der Waals surface area (Å²) in [7, 11) is 0. The van der Waals surface area contributed by atoms with E-state index >= 15 is 0 Å². The van der Waals surface area contributed by atoms with Crippen LogP contribution in [0.3, 0.4) is 0 Å². The quantitative estimate of drug-likeness (QED) is 0.400. The van der Waals surface area contributed by atoms with Gasteiger partial charge in [0.2, 0.25) is 5.91 Å². The lowest BCUT2D eigenvalue weighted by molar-refractivity contribution is -0.127. The minimum Gasteiger partial charge on any atom is -0.492 e. The summed E-state index contributed by atoms with van der Waals surface area (Å²) in [4.78, 5) is 20.7. The fourth-order valence-corrected chi connectivity index (χ4v) is 4.75. The normalized spacial score (nSPS) is 14.1. The molecule has 0 N–H and O–H groups in total. The first-order valence-corrected chi connectivity index (χ1v) is 12.2. The Morgan fingerprint density at radius 3 is 2.59 bits per heavy atom. The van der Waals surface area contributed by atoms with Gasteiger partial charge in [-0.05, 0) is 63.1 Å². The smallest absolute Gasteiger partial charge is 0.279 e. The molecule has 1 saturated heterocycles. The van der Waals surface area contributed by atoms with E-state index in [1.165, 1.54) is 11.3 Å². The summed E-state index contributed by atoms with van der Waals surface area (Å²) in [5, 5.41) is 0.642. The van der Waals surface area contributed by atoms with E-state index in [9.17, 15) is 4.79 Å². The van der Waals surface area contributed by atoms with Crippen molar-refractivity contribution < 1.29 is 14.3 Å². The van der Waals surface area contributed by atoms with E-state index in [1.54, 1.807) is 0 Å². The van der Waals surface area contributed by atoms with Crippen molar-refractivity contribution >= 4 is 27.5 Å². The van der Waals surface area contributed by atoms with Crippen LogP contribution in [0.1, 0.15) is 33.1 Å². The zero-order chi connectivity index (χ0) is 22.3. The van der Waals surface area contributed by atoms with E-state index in [4.69, 9.17) is 9.47 Å². The van der Waals surface area contributed by atoms with Crippen LogP contribution in [0.5, 0.6) is 16.7 Å². The second kappa shape index (κ2) is 10.8. The van der Waals surface area contributed by atoms with Crippen molar-refractivity contribution in [3.05, 3.63) is 48.5 Å². The lowest BCUT2D eigenvalue weighted by Gasteiger charge is -2.27. The molecule has 32 heavy (non-hydrogen) atoms. The van der Waals surface area contributed by atoms with E-state index in [0.29, 0.717) is 30.2 Å². The molecule has 6 nitrogen and oxygen atoms in total. The summed E-state index contributed by atoms with van der Waals surface area (Å²) in [6.45, 7) is 8.64. The fraction of sp³-hybridized carbons (Fsp3) is 0.440. The summed E-state index contributed by atoms with van der Waals surface area (Å²) >= 11 is 1.54. The number of rotatable bonds is 11. The number of amides is 1. The lowest BCUT2D eigenvalue weighted by atomic mass is 10.2. The molecule has 0 bridgehead atoms. The topological polar surface area (TPSA) is 54.9 Å². The number of nitrogens with zero attached hydrogens (tertiary/aromatic N) is 3. The highest BCUT2D eigenvalue weighted by molar-refractivity contribution is 7.20. The average Bonchev–Trinajstić information content (AvgIpc) is 3.39. The van der Waals surface area contributed by atoms with E-state index in [0.717, 1.165) is 60.7 Å². The predicted molar refractivity (Wildman–Crippen MR) is 129 cm³/mol. The number of carbonyl (C=O) groups excluding carboxylic acids is 1. The molecule has 1 amide bonds. The lowest BCUT2D eigenvalue weighted by Crippen LogP contribution is -2.37. The van der Waals surface area contributed by atoms with Gasteiger partial charge in [0.15, 0.2) is 0 Å². The molecule has 0 atom stereocenters. The number of fused-ring (bicyclic) bond motifs is 1. The third-order valence-electron chi connectivity index (χ3n) is 5.73. The standard InChI is InChI=1S/C25H31N3O3S/c1-19(2)27(15-6-16-28-14-5-9-24(28)29)17-18-30-20-10-12-21(13-11-20)31-25-26-22-7-3-4-8-23(22)32-25/h3-4,7-8,10-13,19H,5-6,9,14-18H2,1-2H3. The van der Waals surface area contributed by atoms with Gasteiger partial charge in [0.05, 0.1) is 10.2 Å². The molecule has 0 radical (unpaired) electrons. The molecule has 0 saturated carbocycles. The maximum absolute atomic E-state index is 11.8. The highest BCUT2D eigenvalue weighted by Crippen LogP contribution is 2.31. The molecule has 0 spiro atoms. The van der Waals surface area contributed by atoms with Crippen LogP contribution in [0, 0.1) is 0 Å². The van der Waals surface area contributed by atoms with E-state index in [-0.39, 0.29) is 0 Å². The van der Waals surface area contributed by atoms with E-state index in [2.05, 4.69) is 23.7 Å². The van der Waals surface area contributed by atoms with Crippen LogP contribution in [0.25, 0.3) is 10.2 Å². The van der Waals surface area contributed by atoms with Crippen LogP contribution < -0.4 is 9.47 Å². The molecule has 0 unspecified atom stereocenters. The molecular formula is C25H31N3O3S. The summed E-state index contributed by atoms with van der Waals surface area (Å²) in [6, 6.07) is 16.1. The number of aromatic nitrogens is 1. The van der Waals surface area contributed by atoms with Gasteiger partial charge in [-0.1, -0.05) is 23.5 Å². The van der Waals surface area contributed by atoms with Gasteiger partial charge in [-0.15, -0.1) is 0 Å². The van der Waals surface area contributed by atoms with Gasteiger partial charge in [-0.25, -0.2) is 4.98 Å². The number of hydrogen-bond donors (Lipinski definition) is 0. The molecule has 4 rings (SSSR count).